The Morgan fingerprint density at radius 2 is 2.05 bits per heavy atom. The fraction of sp³-hybridized carbons (Fsp3) is 0.467. The second-order valence-electron chi connectivity index (χ2n) is 4.91. The molecule has 4 nitrogen and oxygen atoms in total. The number of aromatic nitrogens is 2. The average molecular weight is 292 g/mol. The van der Waals surface area contributed by atoms with Crippen LogP contribution in [0.15, 0.2) is 12.1 Å². The summed E-state index contributed by atoms with van der Waals surface area (Å²) in [6, 6.07) is 3.94. The number of ether oxygens (including phenoxy) is 1. The maximum Gasteiger partial charge on any atom is 0.122 e. The lowest BCUT2D eigenvalue weighted by Gasteiger charge is -2.16. The number of nitrogens with zero attached hydrogens (tertiary/aromatic N) is 2. The van der Waals surface area contributed by atoms with Crippen molar-refractivity contribution in [1.29, 1.82) is 0 Å². The molecule has 1 aromatic heterocycles. The van der Waals surface area contributed by atoms with Gasteiger partial charge in [0.1, 0.15) is 11.9 Å². The first-order valence-electron chi connectivity index (χ1n) is 6.72. The molecule has 0 amide bonds. The summed E-state index contributed by atoms with van der Waals surface area (Å²) >= 11 is 1.27. The van der Waals surface area contributed by atoms with Crippen LogP contribution in [0.3, 0.4) is 0 Å². The fourth-order valence-electron chi connectivity index (χ4n) is 2.30. The third-order valence-electron chi connectivity index (χ3n) is 3.40. The number of aliphatic hydroxyl groups is 1. The highest BCUT2D eigenvalue weighted by atomic mass is 32.1. The van der Waals surface area contributed by atoms with Crippen LogP contribution in [0, 0.1) is 13.8 Å². The smallest absolute Gasteiger partial charge is 0.122 e. The van der Waals surface area contributed by atoms with Crippen LogP contribution >= 0.6 is 11.5 Å². The Hall–Kier alpha value is -1.46. The van der Waals surface area contributed by atoms with E-state index in [-0.39, 0.29) is 0 Å². The largest absolute Gasteiger partial charge is 0.496 e. The Balaban J connectivity index is 2.40. The summed E-state index contributed by atoms with van der Waals surface area (Å²) < 4.78 is 9.29. The predicted molar refractivity (Wildman–Crippen MR) is 80.4 cm³/mol. The van der Waals surface area contributed by atoms with Gasteiger partial charge in [-0.3, -0.25) is 0 Å². The molecule has 1 N–H and O–H groups in total. The highest BCUT2D eigenvalue weighted by molar-refractivity contribution is 7.05. The molecule has 0 bridgehead atoms. The van der Waals surface area contributed by atoms with E-state index < -0.39 is 6.10 Å². The molecule has 1 heterocycles. The normalized spacial score (nSPS) is 12.4. The van der Waals surface area contributed by atoms with E-state index in [1.54, 1.807) is 7.11 Å². The molecule has 1 aromatic carbocycles. The topological polar surface area (TPSA) is 55.2 Å². The van der Waals surface area contributed by atoms with Gasteiger partial charge in [0.2, 0.25) is 0 Å². The van der Waals surface area contributed by atoms with E-state index in [1.807, 2.05) is 26.0 Å². The zero-order valence-corrected chi connectivity index (χ0v) is 13.1. The molecule has 1 unspecified atom stereocenters. The summed E-state index contributed by atoms with van der Waals surface area (Å²) in [6.45, 7) is 6.05. The van der Waals surface area contributed by atoms with Crippen LogP contribution in [0.4, 0.5) is 0 Å². The molecule has 5 heteroatoms. The summed E-state index contributed by atoms with van der Waals surface area (Å²) in [5.74, 6) is 0.842. The van der Waals surface area contributed by atoms with Crippen molar-refractivity contribution >= 4 is 11.5 Å². The van der Waals surface area contributed by atoms with Crippen LogP contribution in [0.1, 0.15) is 46.7 Å². The van der Waals surface area contributed by atoms with Crippen molar-refractivity contribution in [3.05, 3.63) is 39.4 Å². The second kappa shape index (κ2) is 6.33. The third kappa shape index (κ3) is 2.83. The number of rotatable bonds is 5. The molecule has 0 aliphatic rings. The Kier molecular flexibility index (Phi) is 4.73. The van der Waals surface area contributed by atoms with Crippen LogP contribution in [0.25, 0.3) is 0 Å². The number of hydrogen-bond acceptors (Lipinski definition) is 5. The van der Waals surface area contributed by atoms with E-state index >= 15 is 0 Å². The fourth-order valence-corrected chi connectivity index (χ4v) is 3.00. The summed E-state index contributed by atoms with van der Waals surface area (Å²) in [7, 11) is 1.66. The van der Waals surface area contributed by atoms with E-state index in [1.165, 1.54) is 11.5 Å². The molecule has 0 saturated heterocycles. The van der Waals surface area contributed by atoms with Crippen LogP contribution in [0.2, 0.25) is 0 Å². The van der Waals surface area contributed by atoms with Gasteiger partial charge in [-0.15, -0.1) is 5.10 Å². The van der Waals surface area contributed by atoms with Crippen molar-refractivity contribution in [3.8, 4) is 5.75 Å². The number of benzene rings is 1. The lowest BCUT2D eigenvalue weighted by molar-refractivity contribution is 0.221. The van der Waals surface area contributed by atoms with Crippen molar-refractivity contribution in [1.82, 2.24) is 9.59 Å². The first-order chi connectivity index (χ1) is 9.58. The Morgan fingerprint density at radius 3 is 2.70 bits per heavy atom. The molecular weight excluding hydrogens is 272 g/mol. The zero-order valence-electron chi connectivity index (χ0n) is 12.3. The van der Waals surface area contributed by atoms with Crippen molar-refractivity contribution < 1.29 is 9.84 Å². The molecule has 2 rings (SSSR count). The quantitative estimate of drug-likeness (QED) is 0.919. The molecule has 0 saturated carbocycles. The molecule has 0 aliphatic heterocycles. The minimum absolute atomic E-state index is 0.666. The second-order valence-corrected chi connectivity index (χ2v) is 5.70. The number of aryl methyl sites for hydroxylation is 3. The van der Waals surface area contributed by atoms with Crippen LogP contribution in [0.5, 0.6) is 5.75 Å². The van der Waals surface area contributed by atoms with Crippen molar-refractivity contribution in [2.75, 3.05) is 7.11 Å². The number of hydrogen-bond donors (Lipinski definition) is 1. The highest BCUT2D eigenvalue weighted by Crippen LogP contribution is 2.32. The standard InChI is InChI=1S/C15H20N2O2S/c1-5-6-12-15(20-17-16-12)14(18)11-7-10(3)13(19-4)8-9(11)2/h7-8,14,18H,5-6H2,1-4H3. The molecule has 0 fully saturated rings. The molecule has 2 aromatic rings. The summed E-state index contributed by atoms with van der Waals surface area (Å²) in [5, 5.41) is 14.8. The van der Waals surface area contributed by atoms with Crippen molar-refractivity contribution in [3.63, 3.8) is 0 Å². The lowest BCUT2D eigenvalue weighted by Crippen LogP contribution is -2.04. The molecular formula is C15H20N2O2S. The zero-order chi connectivity index (χ0) is 14.7. The van der Waals surface area contributed by atoms with Gasteiger partial charge in [0, 0.05) is 0 Å². The van der Waals surface area contributed by atoms with E-state index in [4.69, 9.17) is 4.74 Å². The predicted octanol–water partition coefficient (Wildman–Crippen LogP) is 3.20. The first kappa shape index (κ1) is 14.9. The Labute approximate surface area is 123 Å². The van der Waals surface area contributed by atoms with Gasteiger partial charge >= 0.3 is 0 Å². The maximum absolute atomic E-state index is 10.6. The Bertz CT molecular complexity index is 596. The SMILES string of the molecule is CCCc1nnsc1C(O)c1cc(C)c(OC)cc1C. The monoisotopic (exact) mass is 292 g/mol. The van der Waals surface area contributed by atoms with Gasteiger partial charge in [-0.1, -0.05) is 17.8 Å². The molecule has 0 aliphatic carbocycles. The van der Waals surface area contributed by atoms with Crippen molar-refractivity contribution in [2.24, 2.45) is 0 Å². The van der Waals surface area contributed by atoms with Gasteiger partial charge in [0.15, 0.2) is 0 Å². The van der Waals surface area contributed by atoms with E-state index in [0.717, 1.165) is 45.9 Å². The van der Waals surface area contributed by atoms with E-state index in [9.17, 15) is 5.11 Å². The summed E-state index contributed by atoms with van der Waals surface area (Å²) in [6.07, 6.45) is 1.17. The van der Waals surface area contributed by atoms with Crippen LogP contribution in [-0.2, 0) is 6.42 Å². The van der Waals surface area contributed by atoms with Gasteiger partial charge in [-0.25, -0.2) is 0 Å². The Morgan fingerprint density at radius 1 is 1.30 bits per heavy atom. The van der Waals surface area contributed by atoms with Gasteiger partial charge in [-0.05, 0) is 60.6 Å². The molecule has 108 valence electrons. The lowest BCUT2D eigenvalue weighted by atomic mass is 9.98. The van der Waals surface area contributed by atoms with Crippen LogP contribution < -0.4 is 4.74 Å². The van der Waals surface area contributed by atoms with Gasteiger partial charge in [0.05, 0.1) is 17.7 Å². The van der Waals surface area contributed by atoms with Crippen LogP contribution in [-0.4, -0.2) is 21.8 Å². The van der Waals surface area contributed by atoms with Gasteiger partial charge < -0.3 is 9.84 Å². The van der Waals surface area contributed by atoms with Gasteiger partial charge in [0.25, 0.3) is 0 Å². The van der Waals surface area contributed by atoms with E-state index in [0.29, 0.717) is 0 Å². The maximum atomic E-state index is 10.6. The van der Waals surface area contributed by atoms with E-state index in [2.05, 4.69) is 16.5 Å². The van der Waals surface area contributed by atoms with Crippen molar-refractivity contribution in [2.45, 2.75) is 39.7 Å². The third-order valence-corrected chi connectivity index (χ3v) is 4.22. The molecule has 0 radical (unpaired) electrons. The molecule has 20 heavy (non-hydrogen) atoms. The molecule has 0 spiro atoms. The highest BCUT2D eigenvalue weighted by Gasteiger charge is 2.21. The van der Waals surface area contributed by atoms with Gasteiger partial charge in [-0.2, -0.15) is 0 Å². The minimum Gasteiger partial charge on any atom is -0.496 e. The molecule has 1 atom stereocenters. The average Bonchev–Trinajstić information content (AvgIpc) is 2.89. The number of aliphatic hydroxyl groups excluding tert-OH is 1. The first-order valence-corrected chi connectivity index (χ1v) is 7.50. The summed E-state index contributed by atoms with van der Waals surface area (Å²) in [4.78, 5) is 0.847. The summed E-state index contributed by atoms with van der Waals surface area (Å²) in [5.41, 5.74) is 3.82. The minimum atomic E-state index is -0.666. The number of methoxy groups -OCH3 is 1.